The number of ether oxygens (including phenoxy) is 2. The maximum absolute atomic E-state index is 11.8. The van der Waals surface area contributed by atoms with E-state index in [2.05, 4.69) is 18.9 Å². The molecule has 3 aliphatic rings. The van der Waals surface area contributed by atoms with Gasteiger partial charge in [0.05, 0.1) is 0 Å². The third-order valence-corrected chi connectivity index (χ3v) is 7.63. The molecule has 1 aromatic rings. The predicted octanol–water partition coefficient (Wildman–Crippen LogP) is 4.40. The molecule has 2 saturated carbocycles. The van der Waals surface area contributed by atoms with Gasteiger partial charge in [-0.05, 0) is 79.5 Å². The summed E-state index contributed by atoms with van der Waals surface area (Å²) in [5.74, 6) is 4.47. The first kappa shape index (κ1) is 19.1. The van der Waals surface area contributed by atoms with Crippen LogP contribution in [0.1, 0.15) is 69.9 Å². The van der Waals surface area contributed by atoms with Crippen molar-refractivity contribution in [1.82, 2.24) is 0 Å². The van der Waals surface area contributed by atoms with Crippen molar-refractivity contribution in [3.63, 3.8) is 0 Å². The minimum atomic E-state index is -0.770. The lowest BCUT2D eigenvalue weighted by molar-refractivity contribution is -0.165. The SMILES string of the molecule is C#C[C@@]1(OC(C)=O)CC[C@H]2[C@@H]3CCc4cc(OC(C)=O)ccc4[C@H]3CC[C@@]21C. The summed E-state index contributed by atoms with van der Waals surface area (Å²) in [7, 11) is 0. The van der Waals surface area contributed by atoms with Crippen molar-refractivity contribution in [3.8, 4) is 18.1 Å². The van der Waals surface area contributed by atoms with Gasteiger partial charge in [0.25, 0.3) is 0 Å². The van der Waals surface area contributed by atoms with E-state index in [4.69, 9.17) is 15.9 Å². The largest absolute Gasteiger partial charge is 0.445 e. The lowest BCUT2D eigenvalue weighted by atomic mass is 9.53. The van der Waals surface area contributed by atoms with E-state index >= 15 is 0 Å². The van der Waals surface area contributed by atoms with E-state index in [0.29, 0.717) is 23.5 Å². The third kappa shape index (κ3) is 2.75. The molecule has 28 heavy (non-hydrogen) atoms. The maximum atomic E-state index is 11.8. The van der Waals surface area contributed by atoms with Crippen molar-refractivity contribution in [2.45, 2.75) is 70.8 Å². The Hall–Kier alpha value is -2.28. The molecule has 0 unspecified atom stereocenters. The van der Waals surface area contributed by atoms with Crippen LogP contribution in [-0.4, -0.2) is 17.5 Å². The van der Waals surface area contributed by atoms with Crippen LogP contribution in [0.5, 0.6) is 5.75 Å². The topological polar surface area (TPSA) is 52.6 Å². The Morgan fingerprint density at radius 2 is 1.93 bits per heavy atom. The summed E-state index contributed by atoms with van der Waals surface area (Å²) >= 11 is 0. The second kappa shape index (κ2) is 6.65. The van der Waals surface area contributed by atoms with Gasteiger partial charge in [-0.15, -0.1) is 6.42 Å². The van der Waals surface area contributed by atoms with E-state index < -0.39 is 5.60 Å². The molecular weight excluding hydrogens is 352 g/mol. The second-order valence-electron chi connectivity index (χ2n) is 8.93. The number of hydrogen-bond donors (Lipinski definition) is 0. The van der Waals surface area contributed by atoms with Crippen LogP contribution in [0.25, 0.3) is 0 Å². The molecule has 0 bridgehead atoms. The molecule has 0 heterocycles. The molecule has 0 saturated heterocycles. The van der Waals surface area contributed by atoms with Gasteiger partial charge in [-0.25, -0.2) is 0 Å². The summed E-state index contributed by atoms with van der Waals surface area (Å²) in [6.45, 7) is 5.13. The van der Waals surface area contributed by atoms with Crippen LogP contribution >= 0.6 is 0 Å². The molecule has 2 fully saturated rings. The van der Waals surface area contributed by atoms with Gasteiger partial charge in [0, 0.05) is 19.3 Å². The van der Waals surface area contributed by atoms with Crippen LogP contribution in [0.4, 0.5) is 0 Å². The zero-order chi connectivity index (χ0) is 20.1. The summed E-state index contributed by atoms with van der Waals surface area (Å²) < 4.78 is 11.1. The highest BCUT2D eigenvalue weighted by Gasteiger charge is 2.63. The van der Waals surface area contributed by atoms with Gasteiger partial charge < -0.3 is 9.47 Å². The first-order valence-electron chi connectivity index (χ1n) is 10.3. The molecule has 4 heteroatoms. The average Bonchev–Trinajstić information content (AvgIpc) is 2.93. The number of terminal acetylenes is 1. The number of carbonyl (C=O) groups excluding carboxylic acids is 2. The molecule has 0 N–H and O–H groups in total. The van der Waals surface area contributed by atoms with Gasteiger partial charge in [0.2, 0.25) is 0 Å². The molecule has 148 valence electrons. The van der Waals surface area contributed by atoms with Crippen LogP contribution in [0.3, 0.4) is 0 Å². The van der Waals surface area contributed by atoms with Gasteiger partial charge in [0.1, 0.15) is 5.75 Å². The Labute approximate surface area is 167 Å². The van der Waals surface area contributed by atoms with Crippen LogP contribution in [0.15, 0.2) is 18.2 Å². The molecule has 0 aliphatic heterocycles. The van der Waals surface area contributed by atoms with Crippen molar-refractivity contribution in [2.75, 3.05) is 0 Å². The average molecular weight is 380 g/mol. The number of hydrogen-bond acceptors (Lipinski definition) is 4. The Kier molecular flexibility index (Phi) is 4.53. The molecule has 5 atom stereocenters. The maximum Gasteiger partial charge on any atom is 0.308 e. The Bertz CT molecular complexity index is 866. The van der Waals surface area contributed by atoms with E-state index in [0.717, 1.165) is 38.5 Å². The summed E-state index contributed by atoms with van der Waals surface area (Å²) in [6.07, 6.45) is 11.8. The number of fused-ring (bicyclic) bond motifs is 5. The summed E-state index contributed by atoms with van der Waals surface area (Å²) in [5.41, 5.74) is 1.75. The molecular formula is C24H28O4. The third-order valence-electron chi connectivity index (χ3n) is 7.63. The lowest BCUT2D eigenvalue weighted by Gasteiger charge is -2.52. The van der Waals surface area contributed by atoms with Crippen molar-refractivity contribution in [3.05, 3.63) is 29.3 Å². The lowest BCUT2D eigenvalue weighted by Crippen LogP contribution is -2.52. The highest BCUT2D eigenvalue weighted by molar-refractivity contribution is 5.69. The smallest absolute Gasteiger partial charge is 0.308 e. The molecule has 0 spiro atoms. The fraction of sp³-hybridized carbons (Fsp3) is 0.583. The van der Waals surface area contributed by atoms with E-state index in [9.17, 15) is 9.59 Å². The van der Waals surface area contributed by atoms with Gasteiger partial charge in [-0.3, -0.25) is 9.59 Å². The number of carbonyl (C=O) groups is 2. The van der Waals surface area contributed by atoms with E-state index in [1.54, 1.807) is 0 Å². The first-order chi connectivity index (χ1) is 13.3. The van der Waals surface area contributed by atoms with Crippen LogP contribution in [0, 0.1) is 29.6 Å². The van der Waals surface area contributed by atoms with Gasteiger partial charge in [0.15, 0.2) is 5.60 Å². The number of benzene rings is 1. The second-order valence-corrected chi connectivity index (χ2v) is 8.93. The standard InChI is InChI=1S/C24H28O4/c1-5-24(28-16(3)26)13-11-22-21-8-6-17-14-18(27-15(2)25)7-9-19(17)20(21)10-12-23(22,24)4/h1,7,9,14,20-22H,6,8,10-13H2,2-4H3/t20-,21-,22+,23+,24-/m1/s1. The predicted molar refractivity (Wildman–Crippen MR) is 106 cm³/mol. The molecule has 4 nitrogen and oxygen atoms in total. The molecule has 0 radical (unpaired) electrons. The fourth-order valence-electron chi connectivity index (χ4n) is 6.47. The van der Waals surface area contributed by atoms with Crippen molar-refractivity contribution < 1.29 is 19.1 Å². The van der Waals surface area contributed by atoms with Crippen molar-refractivity contribution in [1.29, 1.82) is 0 Å². The summed E-state index contributed by atoms with van der Waals surface area (Å²) in [6, 6.07) is 6.08. The summed E-state index contributed by atoms with van der Waals surface area (Å²) in [5, 5.41) is 0. The van der Waals surface area contributed by atoms with Crippen molar-refractivity contribution in [2.24, 2.45) is 17.3 Å². The summed E-state index contributed by atoms with van der Waals surface area (Å²) in [4.78, 5) is 23.0. The zero-order valence-corrected chi connectivity index (χ0v) is 16.9. The normalized spacial score (nSPS) is 35.7. The van der Waals surface area contributed by atoms with Gasteiger partial charge in [-0.1, -0.05) is 18.9 Å². The number of aryl methyl sites for hydroxylation is 1. The Morgan fingerprint density at radius 1 is 1.14 bits per heavy atom. The fourth-order valence-corrected chi connectivity index (χ4v) is 6.47. The number of esters is 2. The van der Waals surface area contributed by atoms with E-state index in [1.165, 1.54) is 25.0 Å². The van der Waals surface area contributed by atoms with E-state index in [-0.39, 0.29) is 17.4 Å². The van der Waals surface area contributed by atoms with E-state index in [1.807, 2.05) is 12.1 Å². The molecule has 0 aromatic heterocycles. The van der Waals surface area contributed by atoms with Crippen LogP contribution in [0.2, 0.25) is 0 Å². The highest BCUT2D eigenvalue weighted by Crippen LogP contribution is 2.65. The molecule has 4 rings (SSSR count). The number of rotatable bonds is 2. The van der Waals surface area contributed by atoms with Crippen LogP contribution in [-0.2, 0) is 20.7 Å². The highest BCUT2D eigenvalue weighted by atomic mass is 16.6. The molecule has 1 aromatic carbocycles. The monoisotopic (exact) mass is 380 g/mol. The van der Waals surface area contributed by atoms with Crippen molar-refractivity contribution >= 4 is 11.9 Å². The Morgan fingerprint density at radius 3 is 2.61 bits per heavy atom. The minimum absolute atomic E-state index is 0.163. The Balaban J connectivity index is 1.64. The van der Waals surface area contributed by atoms with Gasteiger partial charge in [-0.2, -0.15) is 0 Å². The molecule has 3 aliphatic carbocycles. The quantitative estimate of drug-likeness (QED) is 0.433. The first-order valence-corrected chi connectivity index (χ1v) is 10.3. The minimum Gasteiger partial charge on any atom is -0.445 e. The zero-order valence-electron chi connectivity index (χ0n) is 16.9. The molecule has 0 amide bonds. The van der Waals surface area contributed by atoms with Crippen LogP contribution < -0.4 is 4.74 Å². The van der Waals surface area contributed by atoms with Gasteiger partial charge >= 0.3 is 11.9 Å².